The van der Waals surface area contributed by atoms with Crippen molar-refractivity contribution in [3.05, 3.63) is 18.2 Å². The molecule has 2 aliphatic rings. The fourth-order valence-electron chi connectivity index (χ4n) is 2.30. The lowest BCUT2D eigenvalue weighted by atomic mass is 10.2. The Hall–Kier alpha value is -1.91. The Morgan fingerprint density at radius 3 is 2.84 bits per heavy atom. The summed E-state index contributed by atoms with van der Waals surface area (Å²) in [6, 6.07) is 5.75. The van der Waals surface area contributed by atoms with Crippen LogP contribution in [0.25, 0.3) is 0 Å². The highest BCUT2D eigenvalue weighted by molar-refractivity contribution is 5.73. The van der Waals surface area contributed by atoms with Gasteiger partial charge in [0.2, 0.25) is 0 Å². The van der Waals surface area contributed by atoms with Gasteiger partial charge in [-0.05, 0) is 24.5 Å². The predicted octanol–water partition coefficient (Wildman–Crippen LogP) is 1.98. The van der Waals surface area contributed by atoms with Crippen LogP contribution in [0, 0.1) is 11.8 Å². The number of ether oxygens (including phenoxy) is 2. The molecule has 2 N–H and O–H groups in total. The van der Waals surface area contributed by atoms with E-state index < -0.39 is 5.97 Å². The first kappa shape index (κ1) is 12.1. The Kier molecular flexibility index (Phi) is 3.19. The topological polar surface area (TPSA) is 67.8 Å². The highest BCUT2D eigenvalue weighted by Crippen LogP contribution is 2.39. The van der Waals surface area contributed by atoms with E-state index in [-0.39, 0.29) is 11.8 Å². The third-order valence-corrected chi connectivity index (χ3v) is 3.56. The molecule has 2 unspecified atom stereocenters. The molecule has 1 aliphatic carbocycles. The van der Waals surface area contributed by atoms with Gasteiger partial charge in [-0.2, -0.15) is 0 Å². The van der Waals surface area contributed by atoms with Crippen LogP contribution in [0.4, 0.5) is 5.69 Å². The molecule has 1 aliphatic heterocycles. The monoisotopic (exact) mass is 263 g/mol. The van der Waals surface area contributed by atoms with Gasteiger partial charge in [0, 0.05) is 24.7 Å². The van der Waals surface area contributed by atoms with Gasteiger partial charge < -0.3 is 19.9 Å². The zero-order chi connectivity index (χ0) is 13.2. The van der Waals surface area contributed by atoms with E-state index in [1.807, 2.05) is 18.2 Å². The zero-order valence-electron chi connectivity index (χ0n) is 10.6. The maximum absolute atomic E-state index is 10.7. The molecule has 2 atom stereocenters. The summed E-state index contributed by atoms with van der Waals surface area (Å²) in [5, 5.41) is 12.1. The number of fused-ring (bicyclic) bond motifs is 1. The number of anilines is 1. The lowest BCUT2D eigenvalue weighted by molar-refractivity contribution is -0.138. The summed E-state index contributed by atoms with van der Waals surface area (Å²) in [4.78, 5) is 10.7. The van der Waals surface area contributed by atoms with E-state index >= 15 is 0 Å². The van der Waals surface area contributed by atoms with Crippen molar-refractivity contribution in [2.45, 2.75) is 12.8 Å². The average Bonchev–Trinajstić information content (AvgIpc) is 3.19. The predicted molar refractivity (Wildman–Crippen MR) is 69.8 cm³/mol. The number of rotatable bonds is 4. The molecule has 1 aromatic carbocycles. The molecule has 1 heterocycles. The molecule has 1 fully saturated rings. The van der Waals surface area contributed by atoms with Crippen LogP contribution >= 0.6 is 0 Å². The molecule has 0 radical (unpaired) electrons. The number of carboxylic acids is 1. The van der Waals surface area contributed by atoms with Gasteiger partial charge in [-0.25, -0.2) is 0 Å². The van der Waals surface area contributed by atoms with E-state index in [2.05, 4.69) is 5.32 Å². The summed E-state index contributed by atoms with van der Waals surface area (Å²) in [5.41, 5.74) is 0.945. The first-order valence-corrected chi connectivity index (χ1v) is 6.60. The van der Waals surface area contributed by atoms with Crippen LogP contribution in [0.3, 0.4) is 0 Å². The lowest BCUT2D eigenvalue weighted by Crippen LogP contribution is -2.08. The number of hydrogen-bond donors (Lipinski definition) is 2. The number of carbonyl (C=O) groups is 1. The summed E-state index contributed by atoms with van der Waals surface area (Å²) >= 11 is 0. The SMILES string of the molecule is O=C(O)C1CC1CNc1ccc2c(c1)OCCCO2. The van der Waals surface area contributed by atoms with E-state index in [1.54, 1.807) is 0 Å². The quantitative estimate of drug-likeness (QED) is 0.869. The van der Waals surface area contributed by atoms with Crippen molar-refractivity contribution >= 4 is 11.7 Å². The molecular weight excluding hydrogens is 246 g/mol. The molecule has 102 valence electrons. The average molecular weight is 263 g/mol. The van der Waals surface area contributed by atoms with E-state index in [1.165, 1.54) is 0 Å². The van der Waals surface area contributed by atoms with Crippen LogP contribution in [0.15, 0.2) is 18.2 Å². The molecule has 0 spiro atoms. The largest absolute Gasteiger partial charge is 0.490 e. The second-order valence-electron chi connectivity index (χ2n) is 5.03. The second-order valence-corrected chi connectivity index (χ2v) is 5.03. The van der Waals surface area contributed by atoms with Gasteiger partial charge in [-0.3, -0.25) is 4.79 Å². The summed E-state index contributed by atoms with van der Waals surface area (Å²) < 4.78 is 11.2. The molecule has 3 rings (SSSR count). The fourth-order valence-corrected chi connectivity index (χ4v) is 2.30. The molecule has 0 aromatic heterocycles. The Labute approximate surface area is 111 Å². The summed E-state index contributed by atoms with van der Waals surface area (Å²) in [7, 11) is 0. The minimum absolute atomic E-state index is 0.173. The molecule has 19 heavy (non-hydrogen) atoms. The van der Waals surface area contributed by atoms with Crippen LogP contribution in [0.1, 0.15) is 12.8 Å². The van der Waals surface area contributed by atoms with E-state index in [0.29, 0.717) is 19.8 Å². The van der Waals surface area contributed by atoms with Gasteiger partial charge in [0.05, 0.1) is 19.1 Å². The Morgan fingerprint density at radius 2 is 2.11 bits per heavy atom. The molecule has 0 amide bonds. The van der Waals surface area contributed by atoms with E-state index in [4.69, 9.17) is 14.6 Å². The van der Waals surface area contributed by atoms with Crippen molar-refractivity contribution in [2.75, 3.05) is 25.1 Å². The van der Waals surface area contributed by atoms with Crippen molar-refractivity contribution in [3.8, 4) is 11.5 Å². The number of nitrogens with one attached hydrogen (secondary N) is 1. The van der Waals surface area contributed by atoms with E-state index in [0.717, 1.165) is 30.0 Å². The zero-order valence-corrected chi connectivity index (χ0v) is 10.6. The van der Waals surface area contributed by atoms with Gasteiger partial charge in [-0.1, -0.05) is 0 Å². The molecule has 0 saturated heterocycles. The molecular formula is C14H17NO4. The van der Waals surface area contributed by atoms with E-state index in [9.17, 15) is 4.79 Å². The van der Waals surface area contributed by atoms with Crippen molar-refractivity contribution in [1.82, 2.24) is 0 Å². The van der Waals surface area contributed by atoms with Crippen molar-refractivity contribution in [1.29, 1.82) is 0 Å². The van der Waals surface area contributed by atoms with Gasteiger partial charge in [0.15, 0.2) is 11.5 Å². The van der Waals surface area contributed by atoms with Gasteiger partial charge in [0.25, 0.3) is 0 Å². The standard InChI is InChI=1S/C14H17NO4/c16-14(17)11-6-9(11)8-15-10-2-3-12-13(7-10)19-5-1-4-18-12/h2-3,7,9,11,15H,1,4-6,8H2,(H,16,17). The minimum Gasteiger partial charge on any atom is -0.490 e. The number of carboxylic acid groups (broad SMARTS) is 1. The van der Waals surface area contributed by atoms with Crippen molar-refractivity contribution in [3.63, 3.8) is 0 Å². The van der Waals surface area contributed by atoms with Crippen LogP contribution < -0.4 is 14.8 Å². The normalized spacial score (nSPS) is 24.4. The molecule has 1 aromatic rings. The van der Waals surface area contributed by atoms with Gasteiger partial charge in [-0.15, -0.1) is 0 Å². The molecule has 5 nitrogen and oxygen atoms in total. The van der Waals surface area contributed by atoms with Crippen LogP contribution in [-0.4, -0.2) is 30.8 Å². The molecule has 0 bridgehead atoms. The van der Waals surface area contributed by atoms with Crippen LogP contribution in [0.5, 0.6) is 11.5 Å². The first-order valence-electron chi connectivity index (χ1n) is 6.60. The van der Waals surface area contributed by atoms with Gasteiger partial charge in [0.1, 0.15) is 0 Å². The summed E-state index contributed by atoms with van der Waals surface area (Å²) in [6.45, 7) is 2.04. The minimum atomic E-state index is -0.689. The number of aliphatic carboxylic acids is 1. The Morgan fingerprint density at radius 1 is 1.32 bits per heavy atom. The Balaban J connectivity index is 1.60. The smallest absolute Gasteiger partial charge is 0.306 e. The van der Waals surface area contributed by atoms with Crippen LogP contribution in [0.2, 0.25) is 0 Å². The Bertz CT molecular complexity index is 488. The number of hydrogen-bond acceptors (Lipinski definition) is 4. The maximum atomic E-state index is 10.7. The highest BCUT2D eigenvalue weighted by atomic mass is 16.5. The molecule has 1 saturated carbocycles. The van der Waals surface area contributed by atoms with Crippen molar-refractivity contribution in [2.24, 2.45) is 11.8 Å². The summed E-state index contributed by atoms with van der Waals surface area (Å²) in [6.07, 6.45) is 1.66. The van der Waals surface area contributed by atoms with Crippen molar-refractivity contribution < 1.29 is 19.4 Å². The second kappa shape index (κ2) is 4.99. The molecule has 5 heteroatoms. The first-order chi connectivity index (χ1) is 9.24. The van der Waals surface area contributed by atoms with Gasteiger partial charge >= 0.3 is 5.97 Å². The van der Waals surface area contributed by atoms with Crippen LogP contribution in [-0.2, 0) is 4.79 Å². The lowest BCUT2D eigenvalue weighted by Gasteiger charge is -2.10. The number of benzene rings is 1. The third-order valence-electron chi connectivity index (χ3n) is 3.56. The fraction of sp³-hybridized carbons (Fsp3) is 0.500. The third kappa shape index (κ3) is 2.75. The maximum Gasteiger partial charge on any atom is 0.306 e. The summed E-state index contributed by atoms with van der Waals surface area (Å²) in [5.74, 6) is 0.915. The highest BCUT2D eigenvalue weighted by Gasteiger charge is 2.42.